The molecule has 0 fully saturated rings. The number of nitrogens with one attached hydrogen (secondary N) is 1. The SMILES string of the molecule is COc1ccc(N[C@H](C[N+](=O)[O-])c2ccccc2)cc1. The maximum Gasteiger partial charge on any atom is 0.227 e. The molecule has 0 heterocycles. The molecule has 0 bridgehead atoms. The average molecular weight is 272 g/mol. The lowest BCUT2D eigenvalue weighted by atomic mass is 10.1. The molecule has 0 radical (unpaired) electrons. The molecule has 0 unspecified atom stereocenters. The van der Waals surface area contributed by atoms with Gasteiger partial charge in [0.2, 0.25) is 6.54 Å². The lowest BCUT2D eigenvalue weighted by molar-refractivity contribution is -0.482. The Morgan fingerprint density at radius 3 is 2.35 bits per heavy atom. The summed E-state index contributed by atoms with van der Waals surface area (Å²) in [5.41, 5.74) is 1.71. The van der Waals surface area contributed by atoms with Crippen LogP contribution < -0.4 is 10.1 Å². The molecule has 2 rings (SSSR count). The molecule has 0 aromatic heterocycles. The van der Waals surface area contributed by atoms with Gasteiger partial charge in [0, 0.05) is 10.6 Å². The highest BCUT2D eigenvalue weighted by Crippen LogP contribution is 2.22. The number of ether oxygens (including phenoxy) is 1. The predicted molar refractivity (Wildman–Crippen MR) is 77.7 cm³/mol. The molecule has 0 amide bonds. The topological polar surface area (TPSA) is 64.4 Å². The lowest BCUT2D eigenvalue weighted by Gasteiger charge is -2.17. The van der Waals surface area contributed by atoms with E-state index < -0.39 is 0 Å². The van der Waals surface area contributed by atoms with Gasteiger partial charge >= 0.3 is 0 Å². The third kappa shape index (κ3) is 3.71. The van der Waals surface area contributed by atoms with Gasteiger partial charge in [0.25, 0.3) is 0 Å². The van der Waals surface area contributed by atoms with Gasteiger partial charge in [0.1, 0.15) is 11.8 Å². The minimum atomic E-state index is -0.361. The molecular formula is C15H16N2O3. The molecule has 104 valence electrons. The molecule has 0 aliphatic rings. The molecule has 2 aromatic carbocycles. The van der Waals surface area contributed by atoms with Crippen LogP contribution in [0.4, 0.5) is 5.69 Å². The van der Waals surface area contributed by atoms with Gasteiger partial charge in [-0.25, -0.2) is 0 Å². The van der Waals surface area contributed by atoms with Gasteiger partial charge < -0.3 is 10.1 Å². The molecule has 0 saturated carbocycles. The van der Waals surface area contributed by atoms with E-state index in [0.717, 1.165) is 17.0 Å². The summed E-state index contributed by atoms with van der Waals surface area (Å²) in [7, 11) is 1.60. The van der Waals surface area contributed by atoms with Gasteiger partial charge in [-0.05, 0) is 29.8 Å². The Morgan fingerprint density at radius 2 is 1.80 bits per heavy atom. The number of methoxy groups -OCH3 is 1. The highest BCUT2D eigenvalue weighted by Gasteiger charge is 2.17. The summed E-state index contributed by atoms with van der Waals surface area (Å²) in [5, 5.41) is 14.0. The Hall–Kier alpha value is -2.56. The third-order valence-corrected chi connectivity index (χ3v) is 2.96. The van der Waals surface area contributed by atoms with Crippen LogP contribution >= 0.6 is 0 Å². The molecule has 5 heteroatoms. The molecule has 2 aromatic rings. The van der Waals surface area contributed by atoms with Crippen LogP contribution in [-0.4, -0.2) is 18.6 Å². The standard InChI is InChI=1S/C15H16N2O3/c1-20-14-9-7-13(8-10-14)16-15(11-17(18)19)12-5-3-2-4-6-12/h2-10,15-16H,11H2,1H3/t15-/m1/s1. The van der Waals surface area contributed by atoms with Gasteiger partial charge in [-0.3, -0.25) is 10.1 Å². The fourth-order valence-electron chi connectivity index (χ4n) is 1.96. The second-order valence-corrected chi connectivity index (χ2v) is 4.35. The van der Waals surface area contributed by atoms with E-state index in [1.54, 1.807) is 7.11 Å². The molecule has 0 saturated heterocycles. The first-order valence-corrected chi connectivity index (χ1v) is 6.26. The number of rotatable bonds is 6. The van der Waals surface area contributed by atoms with Crippen LogP contribution in [0.15, 0.2) is 54.6 Å². The molecule has 1 atom stereocenters. The van der Waals surface area contributed by atoms with Crippen molar-refractivity contribution in [3.05, 3.63) is 70.3 Å². The van der Waals surface area contributed by atoms with Crippen molar-refractivity contribution in [2.75, 3.05) is 19.0 Å². The van der Waals surface area contributed by atoms with Crippen molar-refractivity contribution in [1.82, 2.24) is 0 Å². The fraction of sp³-hybridized carbons (Fsp3) is 0.200. The number of anilines is 1. The largest absolute Gasteiger partial charge is 0.497 e. The zero-order valence-corrected chi connectivity index (χ0v) is 11.2. The van der Waals surface area contributed by atoms with E-state index in [0.29, 0.717) is 0 Å². The fourth-order valence-corrected chi connectivity index (χ4v) is 1.96. The van der Waals surface area contributed by atoms with Crippen LogP contribution in [0.1, 0.15) is 11.6 Å². The van der Waals surface area contributed by atoms with Crippen LogP contribution in [-0.2, 0) is 0 Å². The summed E-state index contributed by atoms with van der Waals surface area (Å²) in [6.07, 6.45) is 0. The van der Waals surface area contributed by atoms with Gasteiger partial charge in [-0.1, -0.05) is 30.3 Å². The Labute approximate surface area is 117 Å². The first-order chi connectivity index (χ1) is 9.69. The number of benzene rings is 2. The normalized spacial score (nSPS) is 11.7. The molecule has 20 heavy (non-hydrogen) atoms. The van der Waals surface area contributed by atoms with Crippen molar-refractivity contribution in [1.29, 1.82) is 0 Å². The Morgan fingerprint density at radius 1 is 1.15 bits per heavy atom. The highest BCUT2D eigenvalue weighted by molar-refractivity contribution is 5.48. The summed E-state index contributed by atoms with van der Waals surface area (Å²) in [6.45, 7) is -0.171. The summed E-state index contributed by atoms with van der Waals surface area (Å²) in [4.78, 5) is 10.5. The number of nitrogens with zero attached hydrogens (tertiary/aromatic N) is 1. The van der Waals surface area contributed by atoms with Crippen LogP contribution in [0, 0.1) is 10.1 Å². The third-order valence-electron chi connectivity index (χ3n) is 2.96. The van der Waals surface area contributed by atoms with Crippen molar-refractivity contribution in [3.8, 4) is 5.75 Å². The second kappa shape index (κ2) is 6.56. The Balaban J connectivity index is 2.16. The highest BCUT2D eigenvalue weighted by atomic mass is 16.6. The van der Waals surface area contributed by atoms with E-state index in [4.69, 9.17) is 4.74 Å². The van der Waals surface area contributed by atoms with Crippen LogP contribution in [0.5, 0.6) is 5.75 Å². The summed E-state index contributed by atoms with van der Waals surface area (Å²) < 4.78 is 5.09. The number of nitro groups is 1. The van der Waals surface area contributed by atoms with Crippen molar-refractivity contribution in [2.45, 2.75) is 6.04 Å². The first kappa shape index (κ1) is 13.9. The van der Waals surface area contributed by atoms with Crippen molar-refractivity contribution >= 4 is 5.69 Å². The molecular weight excluding hydrogens is 256 g/mol. The Bertz CT molecular complexity index is 555. The zero-order chi connectivity index (χ0) is 14.4. The average Bonchev–Trinajstić information content (AvgIpc) is 2.48. The van der Waals surface area contributed by atoms with Crippen molar-refractivity contribution in [2.24, 2.45) is 0 Å². The molecule has 1 N–H and O–H groups in total. The van der Waals surface area contributed by atoms with Gasteiger partial charge in [0.15, 0.2) is 0 Å². The molecule has 0 spiro atoms. The molecule has 0 aliphatic carbocycles. The minimum Gasteiger partial charge on any atom is -0.497 e. The molecule has 5 nitrogen and oxygen atoms in total. The van der Waals surface area contributed by atoms with E-state index in [1.807, 2.05) is 54.6 Å². The minimum absolute atomic E-state index is 0.171. The van der Waals surface area contributed by atoms with Gasteiger partial charge in [-0.2, -0.15) is 0 Å². The zero-order valence-electron chi connectivity index (χ0n) is 11.2. The van der Waals surface area contributed by atoms with Gasteiger partial charge in [0.05, 0.1) is 7.11 Å². The number of hydrogen-bond acceptors (Lipinski definition) is 4. The predicted octanol–water partition coefficient (Wildman–Crippen LogP) is 3.13. The van der Waals surface area contributed by atoms with E-state index >= 15 is 0 Å². The van der Waals surface area contributed by atoms with Crippen molar-refractivity contribution in [3.63, 3.8) is 0 Å². The maximum atomic E-state index is 10.8. The number of hydrogen-bond donors (Lipinski definition) is 1. The quantitative estimate of drug-likeness (QED) is 0.648. The van der Waals surface area contributed by atoms with E-state index in [9.17, 15) is 10.1 Å². The monoisotopic (exact) mass is 272 g/mol. The van der Waals surface area contributed by atoms with Gasteiger partial charge in [-0.15, -0.1) is 0 Å². The first-order valence-electron chi connectivity index (χ1n) is 6.26. The van der Waals surface area contributed by atoms with Crippen LogP contribution in [0.2, 0.25) is 0 Å². The Kier molecular flexibility index (Phi) is 4.55. The van der Waals surface area contributed by atoms with E-state index in [-0.39, 0.29) is 17.5 Å². The molecule has 0 aliphatic heterocycles. The second-order valence-electron chi connectivity index (χ2n) is 4.35. The summed E-state index contributed by atoms with van der Waals surface area (Å²) in [6, 6.07) is 16.3. The van der Waals surface area contributed by atoms with E-state index in [2.05, 4.69) is 5.32 Å². The van der Waals surface area contributed by atoms with Crippen LogP contribution in [0.25, 0.3) is 0 Å². The van der Waals surface area contributed by atoms with Crippen molar-refractivity contribution < 1.29 is 9.66 Å². The summed E-state index contributed by atoms with van der Waals surface area (Å²) >= 11 is 0. The maximum absolute atomic E-state index is 10.8. The smallest absolute Gasteiger partial charge is 0.227 e. The summed E-state index contributed by atoms with van der Waals surface area (Å²) in [5.74, 6) is 0.751. The van der Waals surface area contributed by atoms with Crippen LogP contribution in [0.3, 0.4) is 0 Å². The lowest BCUT2D eigenvalue weighted by Crippen LogP contribution is -2.20. The van der Waals surface area contributed by atoms with E-state index in [1.165, 1.54) is 0 Å².